The fourth-order valence-corrected chi connectivity index (χ4v) is 1.80. The van der Waals surface area contributed by atoms with E-state index in [-0.39, 0.29) is 5.97 Å². The minimum Gasteiger partial charge on any atom is -0.466 e. The van der Waals surface area contributed by atoms with E-state index in [4.69, 9.17) is 22.7 Å². The van der Waals surface area contributed by atoms with E-state index in [1.807, 2.05) is 36.2 Å². The SMILES string of the molecule is CCOC(=O)CCN(C)c1ccccc1C(N)=S. The maximum Gasteiger partial charge on any atom is 0.307 e. The Kier molecular flexibility index (Phi) is 5.58. The van der Waals surface area contributed by atoms with Crippen LogP contribution < -0.4 is 10.6 Å². The largest absolute Gasteiger partial charge is 0.466 e. The van der Waals surface area contributed by atoms with Gasteiger partial charge in [-0.25, -0.2) is 0 Å². The molecule has 18 heavy (non-hydrogen) atoms. The minimum absolute atomic E-state index is 0.197. The van der Waals surface area contributed by atoms with Crippen molar-refractivity contribution >= 4 is 28.9 Å². The van der Waals surface area contributed by atoms with Crippen LogP contribution in [0, 0.1) is 0 Å². The average molecular weight is 266 g/mol. The van der Waals surface area contributed by atoms with E-state index in [0.717, 1.165) is 11.3 Å². The van der Waals surface area contributed by atoms with E-state index >= 15 is 0 Å². The summed E-state index contributed by atoms with van der Waals surface area (Å²) >= 11 is 5.01. The van der Waals surface area contributed by atoms with E-state index in [0.29, 0.717) is 24.6 Å². The number of esters is 1. The molecule has 0 atom stereocenters. The first-order valence-corrected chi connectivity index (χ1v) is 6.22. The number of rotatable bonds is 6. The molecule has 0 saturated heterocycles. The number of carbonyl (C=O) groups excluding carboxylic acids is 1. The van der Waals surface area contributed by atoms with Crippen LogP contribution in [-0.2, 0) is 9.53 Å². The number of hydrogen-bond acceptors (Lipinski definition) is 4. The predicted octanol–water partition coefficient (Wildman–Crippen LogP) is 1.71. The molecule has 4 nitrogen and oxygen atoms in total. The molecule has 0 aliphatic rings. The van der Waals surface area contributed by atoms with E-state index in [1.54, 1.807) is 6.92 Å². The number of para-hydroxylation sites is 1. The Bertz CT molecular complexity index is 435. The van der Waals surface area contributed by atoms with Gasteiger partial charge in [0.15, 0.2) is 0 Å². The van der Waals surface area contributed by atoms with Gasteiger partial charge in [0.1, 0.15) is 4.99 Å². The Morgan fingerprint density at radius 3 is 2.72 bits per heavy atom. The molecule has 1 aromatic carbocycles. The van der Waals surface area contributed by atoms with Crippen molar-refractivity contribution in [3.63, 3.8) is 0 Å². The molecule has 0 fully saturated rings. The first-order valence-electron chi connectivity index (χ1n) is 5.81. The molecular formula is C13H18N2O2S. The topological polar surface area (TPSA) is 55.6 Å². The number of thiocarbonyl (C=S) groups is 1. The molecule has 2 N–H and O–H groups in total. The summed E-state index contributed by atoms with van der Waals surface area (Å²) in [6.07, 6.45) is 0.343. The van der Waals surface area contributed by atoms with Crippen LogP contribution in [0.2, 0.25) is 0 Å². The molecule has 1 aromatic rings. The highest BCUT2D eigenvalue weighted by Crippen LogP contribution is 2.19. The second-order valence-corrected chi connectivity index (χ2v) is 4.30. The lowest BCUT2D eigenvalue weighted by Crippen LogP contribution is -2.25. The molecule has 0 aliphatic carbocycles. The summed E-state index contributed by atoms with van der Waals surface area (Å²) in [4.78, 5) is 13.6. The molecule has 0 bridgehead atoms. The smallest absolute Gasteiger partial charge is 0.307 e. The van der Waals surface area contributed by atoms with Gasteiger partial charge >= 0.3 is 5.97 Å². The zero-order valence-corrected chi connectivity index (χ0v) is 11.5. The highest BCUT2D eigenvalue weighted by molar-refractivity contribution is 7.80. The molecule has 1 rings (SSSR count). The summed E-state index contributed by atoms with van der Waals surface area (Å²) in [5, 5.41) is 0. The normalized spacial score (nSPS) is 9.89. The molecule has 0 radical (unpaired) electrons. The number of ether oxygens (including phenoxy) is 1. The number of nitrogens with zero attached hydrogens (tertiary/aromatic N) is 1. The molecule has 0 heterocycles. The lowest BCUT2D eigenvalue weighted by molar-refractivity contribution is -0.142. The van der Waals surface area contributed by atoms with Crippen LogP contribution in [-0.4, -0.2) is 31.2 Å². The summed E-state index contributed by atoms with van der Waals surface area (Å²) in [6, 6.07) is 7.60. The third-order valence-electron chi connectivity index (χ3n) is 2.54. The molecule has 0 aromatic heterocycles. The number of anilines is 1. The first kappa shape index (κ1) is 14.4. The van der Waals surface area contributed by atoms with Crippen LogP contribution >= 0.6 is 12.2 Å². The third kappa shape index (κ3) is 4.00. The van der Waals surface area contributed by atoms with Gasteiger partial charge in [-0.1, -0.05) is 24.4 Å². The van der Waals surface area contributed by atoms with Gasteiger partial charge in [0.25, 0.3) is 0 Å². The zero-order chi connectivity index (χ0) is 13.5. The first-order chi connectivity index (χ1) is 8.56. The lowest BCUT2D eigenvalue weighted by Gasteiger charge is -2.21. The van der Waals surface area contributed by atoms with E-state index in [1.165, 1.54) is 0 Å². The van der Waals surface area contributed by atoms with Crippen molar-refractivity contribution in [3.05, 3.63) is 29.8 Å². The van der Waals surface area contributed by atoms with Crippen LogP contribution in [0.25, 0.3) is 0 Å². The molecule has 0 unspecified atom stereocenters. The van der Waals surface area contributed by atoms with Gasteiger partial charge in [-0.15, -0.1) is 0 Å². The summed E-state index contributed by atoms with van der Waals surface area (Å²) in [6.45, 7) is 2.77. The maximum absolute atomic E-state index is 11.3. The van der Waals surface area contributed by atoms with E-state index in [2.05, 4.69) is 0 Å². The van der Waals surface area contributed by atoms with Gasteiger partial charge in [0.2, 0.25) is 0 Å². The third-order valence-corrected chi connectivity index (χ3v) is 2.76. The summed E-state index contributed by atoms with van der Waals surface area (Å²) in [5.74, 6) is -0.197. The Balaban J connectivity index is 2.69. The fraction of sp³-hybridized carbons (Fsp3) is 0.385. The van der Waals surface area contributed by atoms with Crippen molar-refractivity contribution in [1.29, 1.82) is 0 Å². The Morgan fingerprint density at radius 1 is 1.44 bits per heavy atom. The average Bonchev–Trinajstić information content (AvgIpc) is 2.36. The van der Waals surface area contributed by atoms with Crippen molar-refractivity contribution in [2.75, 3.05) is 25.1 Å². The Labute approximate surface area is 113 Å². The predicted molar refractivity (Wildman–Crippen MR) is 76.8 cm³/mol. The van der Waals surface area contributed by atoms with Gasteiger partial charge in [0, 0.05) is 24.8 Å². The molecule has 98 valence electrons. The molecule has 0 saturated carbocycles. The van der Waals surface area contributed by atoms with Crippen LogP contribution in [0.1, 0.15) is 18.9 Å². The highest BCUT2D eigenvalue weighted by Gasteiger charge is 2.10. The van der Waals surface area contributed by atoms with Gasteiger partial charge in [-0.2, -0.15) is 0 Å². The molecule has 0 spiro atoms. The monoisotopic (exact) mass is 266 g/mol. The van der Waals surface area contributed by atoms with Crippen molar-refractivity contribution < 1.29 is 9.53 Å². The number of benzene rings is 1. The molecule has 0 aliphatic heterocycles. The quantitative estimate of drug-likeness (QED) is 0.627. The summed E-state index contributed by atoms with van der Waals surface area (Å²) < 4.78 is 4.89. The Morgan fingerprint density at radius 2 is 2.11 bits per heavy atom. The summed E-state index contributed by atoms with van der Waals surface area (Å²) in [7, 11) is 1.90. The van der Waals surface area contributed by atoms with Crippen LogP contribution in [0.4, 0.5) is 5.69 Å². The zero-order valence-electron chi connectivity index (χ0n) is 10.7. The molecular weight excluding hydrogens is 248 g/mol. The van der Waals surface area contributed by atoms with Crippen LogP contribution in [0.15, 0.2) is 24.3 Å². The maximum atomic E-state index is 11.3. The number of hydrogen-bond donors (Lipinski definition) is 1. The van der Waals surface area contributed by atoms with Crippen molar-refractivity contribution in [3.8, 4) is 0 Å². The van der Waals surface area contributed by atoms with Gasteiger partial charge in [0.05, 0.1) is 13.0 Å². The lowest BCUT2D eigenvalue weighted by atomic mass is 10.1. The Hall–Kier alpha value is -1.62. The van der Waals surface area contributed by atoms with Gasteiger partial charge in [-0.3, -0.25) is 4.79 Å². The standard InChI is InChI=1S/C13H18N2O2S/c1-3-17-12(16)8-9-15(2)11-7-5-4-6-10(11)13(14)18/h4-7H,3,8-9H2,1-2H3,(H2,14,18). The minimum atomic E-state index is -0.197. The van der Waals surface area contributed by atoms with Gasteiger partial charge < -0.3 is 15.4 Å². The second-order valence-electron chi connectivity index (χ2n) is 3.86. The highest BCUT2D eigenvalue weighted by atomic mass is 32.1. The number of carbonyl (C=O) groups is 1. The van der Waals surface area contributed by atoms with Crippen LogP contribution in [0.3, 0.4) is 0 Å². The van der Waals surface area contributed by atoms with Crippen molar-refractivity contribution in [2.45, 2.75) is 13.3 Å². The second kappa shape index (κ2) is 6.96. The van der Waals surface area contributed by atoms with E-state index in [9.17, 15) is 4.79 Å². The molecule has 0 amide bonds. The van der Waals surface area contributed by atoms with Crippen molar-refractivity contribution in [2.24, 2.45) is 5.73 Å². The van der Waals surface area contributed by atoms with Gasteiger partial charge in [-0.05, 0) is 19.1 Å². The van der Waals surface area contributed by atoms with Crippen LogP contribution in [0.5, 0.6) is 0 Å². The fourth-order valence-electron chi connectivity index (χ4n) is 1.63. The van der Waals surface area contributed by atoms with Crippen molar-refractivity contribution in [1.82, 2.24) is 0 Å². The summed E-state index contributed by atoms with van der Waals surface area (Å²) in [5.41, 5.74) is 7.41. The van der Waals surface area contributed by atoms with E-state index < -0.39 is 0 Å². The molecule has 5 heteroatoms. The number of nitrogens with two attached hydrogens (primary N) is 1.